The first kappa shape index (κ1) is 26.8. The summed E-state index contributed by atoms with van der Waals surface area (Å²) in [4.78, 5) is 23.5. The zero-order chi connectivity index (χ0) is 27.0. The summed E-state index contributed by atoms with van der Waals surface area (Å²) in [5, 5.41) is 3.51. The lowest BCUT2D eigenvalue weighted by Gasteiger charge is -2.43. The summed E-state index contributed by atoms with van der Waals surface area (Å²) < 4.78 is 72.9. The second-order valence-corrected chi connectivity index (χ2v) is 10.2. The van der Waals surface area contributed by atoms with Crippen molar-refractivity contribution in [2.75, 3.05) is 25.5 Å². The summed E-state index contributed by atoms with van der Waals surface area (Å²) >= 11 is 1.28. The summed E-state index contributed by atoms with van der Waals surface area (Å²) in [7, 11) is 1.53. The van der Waals surface area contributed by atoms with Crippen molar-refractivity contribution >= 4 is 23.1 Å². The first-order valence-corrected chi connectivity index (χ1v) is 12.3. The number of thiazole rings is 1. The first-order valence-electron chi connectivity index (χ1n) is 11.5. The Labute approximate surface area is 214 Å². The molecule has 0 spiro atoms. The Morgan fingerprint density at radius 3 is 2.51 bits per heavy atom. The van der Waals surface area contributed by atoms with Crippen LogP contribution in [0.1, 0.15) is 34.4 Å². The summed E-state index contributed by atoms with van der Waals surface area (Å²) in [6.45, 7) is 2.59. The van der Waals surface area contributed by atoms with Crippen LogP contribution in [0.2, 0.25) is 0 Å². The van der Waals surface area contributed by atoms with E-state index in [4.69, 9.17) is 4.74 Å². The topological polar surface area (TPSA) is 67.3 Å². The van der Waals surface area contributed by atoms with Crippen molar-refractivity contribution in [1.82, 2.24) is 14.9 Å². The second kappa shape index (κ2) is 10.2. The van der Waals surface area contributed by atoms with Crippen LogP contribution in [-0.2, 0) is 6.18 Å². The van der Waals surface area contributed by atoms with E-state index >= 15 is 0 Å². The lowest BCUT2D eigenvalue weighted by atomic mass is 9.88. The van der Waals surface area contributed by atoms with E-state index in [1.54, 1.807) is 38.1 Å². The van der Waals surface area contributed by atoms with Crippen molar-refractivity contribution in [2.45, 2.75) is 38.4 Å². The number of anilines is 1. The highest BCUT2D eigenvalue weighted by Gasteiger charge is 2.46. The van der Waals surface area contributed by atoms with Crippen LogP contribution in [0.5, 0.6) is 5.75 Å². The van der Waals surface area contributed by atoms with E-state index in [1.165, 1.54) is 24.5 Å². The minimum atomic E-state index is -4.52. The number of benzene rings is 1. The highest BCUT2D eigenvalue weighted by Crippen LogP contribution is 2.38. The van der Waals surface area contributed by atoms with Gasteiger partial charge in [-0.2, -0.15) is 13.2 Å². The number of pyridine rings is 1. The van der Waals surface area contributed by atoms with Gasteiger partial charge in [0.2, 0.25) is 0 Å². The first-order chi connectivity index (χ1) is 17.4. The number of alkyl halides is 5. The van der Waals surface area contributed by atoms with Gasteiger partial charge in [0.15, 0.2) is 0 Å². The number of methoxy groups -OCH3 is 1. The molecule has 198 valence electrons. The van der Waals surface area contributed by atoms with Gasteiger partial charge in [0.25, 0.3) is 11.8 Å². The van der Waals surface area contributed by atoms with Crippen LogP contribution in [0, 0.1) is 12.8 Å². The number of hydrogen-bond acceptors (Lipinski definition) is 6. The van der Waals surface area contributed by atoms with Crippen molar-refractivity contribution in [1.29, 1.82) is 0 Å². The Hall–Kier alpha value is -3.28. The van der Waals surface area contributed by atoms with Gasteiger partial charge in [-0.1, -0.05) is 6.92 Å². The predicted octanol–water partition coefficient (Wildman–Crippen LogP) is 6.14. The van der Waals surface area contributed by atoms with E-state index in [1.807, 2.05) is 0 Å². The number of ether oxygens (including phenoxy) is 1. The van der Waals surface area contributed by atoms with Crippen molar-refractivity contribution in [3.05, 3.63) is 58.9 Å². The third kappa shape index (κ3) is 6.00. The molecule has 1 amide bonds. The molecule has 1 unspecified atom stereocenters. The minimum Gasteiger partial charge on any atom is -0.497 e. The van der Waals surface area contributed by atoms with Crippen LogP contribution < -0.4 is 10.1 Å². The maximum absolute atomic E-state index is 14.6. The van der Waals surface area contributed by atoms with E-state index in [9.17, 15) is 26.7 Å². The number of carbonyl (C=O) groups is 1. The van der Waals surface area contributed by atoms with Crippen LogP contribution in [-0.4, -0.2) is 52.9 Å². The molecule has 1 N–H and O–H groups in total. The van der Waals surface area contributed by atoms with Crippen molar-refractivity contribution in [3.8, 4) is 16.2 Å². The number of aryl methyl sites for hydroxylation is 1. The molecule has 12 heteroatoms. The Balaban J connectivity index is 1.60. The molecule has 1 fully saturated rings. The standard InChI is InChI=1S/C25H25F5N4O2S/c1-14-10-24(26,27)13-34(19(14)12-32-20-9-6-17(11-31-20)25(28,29)30)23(35)21-22(37-15(2)33-21)16-4-7-18(36-3)8-5-16/h4-9,11,14,19H,10,12-13H2,1-3H3,(H,31,32)/t14-,19?/m1/s1. The van der Waals surface area contributed by atoms with Crippen LogP contribution in [0.25, 0.3) is 10.4 Å². The van der Waals surface area contributed by atoms with Crippen LogP contribution in [0.15, 0.2) is 42.6 Å². The van der Waals surface area contributed by atoms with E-state index in [0.717, 1.165) is 11.0 Å². The molecular formula is C25H25F5N4O2S. The van der Waals surface area contributed by atoms with Gasteiger partial charge in [-0.15, -0.1) is 11.3 Å². The summed E-state index contributed by atoms with van der Waals surface area (Å²) in [5.74, 6) is -3.55. The smallest absolute Gasteiger partial charge is 0.417 e. The zero-order valence-corrected chi connectivity index (χ0v) is 21.1. The molecule has 2 atom stereocenters. The minimum absolute atomic E-state index is 0.0301. The van der Waals surface area contributed by atoms with E-state index in [-0.39, 0.29) is 18.1 Å². The predicted molar refractivity (Wildman–Crippen MR) is 130 cm³/mol. The number of amides is 1. The fourth-order valence-electron chi connectivity index (χ4n) is 4.40. The molecule has 4 rings (SSSR count). The van der Waals surface area contributed by atoms with E-state index < -0.39 is 48.5 Å². The number of rotatable bonds is 6. The Morgan fingerprint density at radius 1 is 1.22 bits per heavy atom. The number of hydrogen-bond donors (Lipinski definition) is 1. The number of halogens is 5. The van der Waals surface area contributed by atoms with Gasteiger partial charge in [0.05, 0.1) is 35.1 Å². The summed E-state index contributed by atoms with van der Waals surface area (Å²) in [6.07, 6.45) is -4.25. The molecule has 3 heterocycles. The van der Waals surface area contributed by atoms with Gasteiger partial charge in [0, 0.05) is 19.2 Å². The Kier molecular flexibility index (Phi) is 7.40. The Bertz CT molecular complexity index is 1250. The number of nitrogens with one attached hydrogen (secondary N) is 1. The quantitative estimate of drug-likeness (QED) is 0.381. The lowest BCUT2D eigenvalue weighted by Crippen LogP contribution is -2.57. The van der Waals surface area contributed by atoms with E-state index in [2.05, 4.69) is 15.3 Å². The van der Waals surface area contributed by atoms with Gasteiger partial charge >= 0.3 is 6.18 Å². The zero-order valence-electron chi connectivity index (χ0n) is 20.3. The van der Waals surface area contributed by atoms with Gasteiger partial charge in [-0.25, -0.2) is 18.7 Å². The highest BCUT2D eigenvalue weighted by atomic mass is 32.1. The molecule has 1 aliphatic heterocycles. The maximum atomic E-state index is 14.6. The molecule has 1 aromatic carbocycles. The van der Waals surface area contributed by atoms with Crippen molar-refractivity contribution < 1.29 is 31.5 Å². The molecule has 0 aliphatic carbocycles. The molecule has 6 nitrogen and oxygen atoms in total. The maximum Gasteiger partial charge on any atom is 0.417 e. The summed E-state index contributed by atoms with van der Waals surface area (Å²) in [6, 6.07) is 8.40. The fraction of sp³-hybridized carbons (Fsp3) is 0.400. The van der Waals surface area contributed by atoms with Crippen LogP contribution in [0.4, 0.5) is 27.8 Å². The van der Waals surface area contributed by atoms with Crippen molar-refractivity contribution in [3.63, 3.8) is 0 Å². The molecule has 1 aliphatic rings. The lowest BCUT2D eigenvalue weighted by molar-refractivity contribution is -0.137. The van der Waals surface area contributed by atoms with Gasteiger partial charge in [-0.3, -0.25) is 4.79 Å². The second-order valence-electron chi connectivity index (χ2n) is 8.99. The third-order valence-electron chi connectivity index (χ3n) is 6.21. The number of carbonyl (C=O) groups excluding carboxylic acids is 1. The molecule has 2 aromatic heterocycles. The molecule has 0 bridgehead atoms. The summed E-state index contributed by atoms with van der Waals surface area (Å²) in [5.41, 5.74) is -0.115. The normalized spacial score (nSPS) is 19.5. The molecule has 0 saturated carbocycles. The largest absolute Gasteiger partial charge is 0.497 e. The molecule has 1 saturated heterocycles. The van der Waals surface area contributed by atoms with Gasteiger partial charge in [0.1, 0.15) is 17.3 Å². The van der Waals surface area contributed by atoms with Crippen molar-refractivity contribution in [2.24, 2.45) is 5.92 Å². The van der Waals surface area contributed by atoms with Crippen LogP contribution in [0.3, 0.4) is 0 Å². The average Bonchev–Trinajstić information content (AvgIpc) is 3.23. The van der Waals surface area contributed by atoms with Gasteiger partial charge < -0.3 is 15.0 Å². The fourth-order valence-corrected chi connectivity index (χ4v) is 5.32. The molecular weight excluding hydrogens is 515 g/mol. The Morgan fingerprint density at radius 2 is 1.92 bits per heavy atom. The number of likely N-dealkylation sites (tertiary alicyclic amines) is 1. The average molecular weight is 541 g/mol. The van der Waals surface area contributed by atoms with Crippen LogP contribution >= 0.6 is 11.3 Å². The molecule has 0 radical (unpaired) electrons. The SMILES string of the molecule is COc1ccc(-c2sc(C)nc2C(=O)N2CC(F)(F)C[C@@H](C)C2CNc2ccc(C(F)(F)F)cn2)cc1. The molecule has 37 heavy (non-hydrogen) atoms. The van der Waals surface area contributed by atoms with E-state index in [0.29, 0.717) is 27.4 Å². The number of piperidine rings is 1. The molecule has 3 aromatic rings. The van der Waals surface area contributed by atoms with Gasteiger partial charge in [-0.05, 0) is 54.8 Å². The number of nitrogens with zero attached hydrogens (tertiary/aromatic N) is 3. The highest BCUT2D eigenvalue weighted by molar-refractivity contribution is 7.15. The number of aromatic nitrogens is 2. The third-order valence-corrected chi connectivity index (χ3v) is 7.23. The monoisotopic (exact) mass is 540 g/mol.